The molecule has 1 heterocycles. The van der Waals surface area contributed by atoms with Gasteiger partial charge in [-0.1, -0.05) is 27.8 Å². The molecule has 0 unspecified atom stereocenters. The summed E-state index contributed by atoms with van der Waals surface area (Å²) in [4.78, 5) is 4.10. The van der Waals surface area contributed by atoms with Gasteiger partial charge in [0.15, 0.2) is 0 Å². The predicted octanol–water partition coefficient (Wildman–Crippen LogP) is 2.54. The zero-order chi connectivity index (χ0) is 10.4. The zero-order valence-electron chi connectivity index (χ0n) is 8.30. The Morgan fingerprint density at radius 3 is 2.93 bits per heavy atom. The summed E-state index contributed by atoms with van der Waals surface area (Å²) in [7, 11) is 1.61. The van der Waals surface area contributed by atoms with Crippen molar-refractivity contribution < 1.29 is 4.74 Å². The Balaban J connectivity index is 2.85. The second-order valence-corrected chi connectivity index (χ2v) is 3.58. The third kappa shape index (κ3) is 3.04. The number of nitrogens with zero attached hydrogens (tertiary/aromatic N) is 1. The number of aromatic nitrogens is 1. The summed E-state index contributed by atoms with van der Waals surface area (Å²) in [5.41, 5.74) is 2.06. The van der Waals surface area contributed by atoms with Crippen molar-refractivity contribution >= 4 is 15.9 Å². The fourth-order valence-corrected chi connectivity index (χ4v) is 1.18. The van der Waals surface area contributed by atoms with E-state index in [9.17, 15) is 0 Å². The van der Waals surface area contributed by atoms with Crippen molar-refractivity contribution in [1.82, 2.24) is 4.98 Å². The lowest BCUT2D eigenvalue weighted by Gasteiger charge is -2.00. The molecular weight excluding hydrogens is 242 g/mol. The molecule has 0 aliphatic rings. The Morgan fingerprint density at radius 2 is 2.36 bits per heavy atom. The van der Waals surface area contributed by atoms with Gasteiger partial charge in [-0.15, -0.1) is 0 Å². The lowest BCUT2D eigenvalue weighted by atomic mass is 10.1. The molecule has 1 aromatic rings. The van der Waals surface area contributed by atoms with Crippen molar-refractivity contribution in [1.29, 1.82) is 0 Å². The molecule has 0 spiro atoms. The molecule has 0 atom stereocenters. The highest BCUT2D eigenvalue weighted by molar-refractivity contribution is 9.09. The minimum absolute atomic E-state index is 0.633. The Kier molecular flexibility index (Phi) is 4.48. The van der Waals surface area contributed by atoms with Crippen LogP contribution in [0.15, 0.2) is 12.3 Å². The summed E-state index contributed by atoms with van der Waals surface area (Å²) in [6, 6.07) is 1.89. The molecule has 0 radical (unpaired) electrons. The quantitative estimate of drug-likeness (QED) is 0.597. The minimum Gasteiger partial charge on any atom is -0.481 e. The molecule has 0 N–H and O–H groups in total. The second-order valence-electron chi connectivity index (χ2n) is 2.78. The second kappa shape index (κ2) is 5.66. The van der Waals surface area contributed by atoms with E-state index in [1.165, 1.54) is 0 Å². The third-order valence-electron chi connectivity index (χ3n) is 1.74. The Hall–Kier alpha value is -1.01. The van der Waals surface area contributed by atoms with Crippen molar-refractivity contribution in [2.45, 2.75) is 13.3 Å². The number of aryl methyl sites for hydroxylation is 1. The molecule has 0 fully saturated rings. The molecule has 2 nitrogen and oxygen atoms in total. The van der Waals surface area contributed by atoms with Crippen LogP contribution >= 0.6 is 15.9 Å². The summed E-state index contributed by atoms with van der Waals surface area (Å²) in [5.74, 6) is 6.75. The third-order valence-corrected chi connectivity index (χ3v) is 2.13. The van der Waals surface area contributed by atoms with Gasteiger partial charge >= 0.3 is 0 Å². The molecule has 74 valence electrons. The molecule has 0 saturated carbocycles. The van der Waals surface area contributed by atoms with Gasteiger partial charge in [0.25, 0.3) is 0 Å². The van der Waals surface area contributed by atoms with Crippen molar-refractivity contribution in [3.63, 3.8) is 0 Å². The lowest BCUT2D eigenvalue weighted by molar-refractivity contribution is 0.397. The Bertz CT molecular complexity index is 365. The van der Waals surface area contributed by atoms with Gasteiger partial charge in [-0.05, 0) is 12.5 Å². The average Bonchev–Trinajstić information content (AvgIpc) is 2.20. The maximum atomic E-state index is 5.01. The fourth-order valence-electron chi connectivity index (χ4n) is 0.978. The van der Waals surface area contributed by atoms with E-state index in [-0.39, 0.29) is 0 Å². The van der Waals surface area contributed by atoms with Crippen molar-refractivity contribution in [3.05, 3.63) is 23.4 Å². The number of ether oxygens (including phenoxy) is 1. The van der Waals surface area contributed by atoms with Gasteiger partial charge in [-0.2, -0.15) is 0 Å². The molecule has 0 amide bonds. The SMILES string of the molecule is COc1cc(C)c(C#CCCBr)cn1. The smallest absolute Gasteiger partial charge is 0.213 e. The molecule has 1 rings (SSSR count). The van der Waals surface area contributed by atoms with Gasteiger partial charge < -0.3 is 4.74 Å². The van der Waals surface area contributed by atoms with Crippen molar-refractivity contribution in [3.8, 4) is 17.7 Å². The van der Waals surface area contributed by atoms with E-state index in [0.717, 1.165) is 22.9 Å². The highest BCUT2D eigenvalue weighted by atomic mass is 79.9. The van der Waals surface area contributed by atoms with Crippen LogP contribution in [0.4, 0.5) is 0 Å². The summed E-state index contributed by atoms with van der Waals surface area (Å²) in [5, 5.41) is 0.905. The molecule has 0 aliphatic carbocycles. The molecule has 3 heteroatoms. The maximum Gasteiger partial charge on any atom is 0.213 e. The van der Waals surface area contributed by atoms with Crippen LogP contribution in [0.5, 0.6) is 5.88 Å². The number of methoxy groups -OCH3 is 1. The van der Waals surface area contributed by atoms with E-state index in [1.54, 1.807) is 13.3 Å². The van der Waals surface area contributed by atoms with Crippen LogP contribution < -0.4 is 4.74 Å². The Morgan fingerprint density at radius 1 is 1.57 bits per heavy atom. The number of halogens is 1. The highest BCUT2D eigenvalue weighted by Gasteiger charge is 1.97. The first-order valence-corrected chi connectivity index (χ1v) is 5.45. The van der Waals surface area contributed by atoms with Gasteiger partial charge in [0, 0.05) is 29.6 Å². The van der Waals surface area contributed by atoms with Crippen molar-refractivity contribution in [2.24, 2.45) is 0 Å². The van der Waals surface area contributed by atoms with E-state index in [2.05, 4.69) is 32.8 Å². The van der Waals surface area contributed by atoms with Gasteiger partial charge in [0.2, 0.25) is 5.88 Å². The van der Waals surface area contributed by atoms with Gasteiger partial charge in [0.1, 0.15) is 0 Å². The van der Waals surface area contributed by atoms with E-state index >= 15 is 0 Å². The number of rotatable bonds is 2. The van der Waals surface area contributed by atoms with E-state index in [4.69, 9.17) is 4.74 Å². The van der Waals surface area contributed by atoms with Crippen LogP contribution in [0, 0.1) is 18.8 Å². The highest BCUT2D eigenvalue weighted by Crippen LogP contribution is 2.11. The van der Waals surface area contributed by atoms with Crippen LogP contribution in [0.3, 0.4) is 0 Å². The lowest BCUT2D eigenvalue weighted by Crippen LogP contribution is -1.90. The molecule has 0 aliphatic heterocycles. The van der Waals surface area contributed by atoms with E-state index < -0.39 is 0 Å². The van der Waals surface area contributed by atoms with Crippen molar-refractivity contribution in [2.75, 3.05) is 12.4 Å². The van der Waals surface area contributed by atoms with Gasteiger partial charge in [-0.3, -0.25) is 0 Å². The average molecular weight is 254 g/mol. The van der Waals surface area contributed by atoms with Gasteiger partial charge in [0.05, 0.1) is 7.11 Å². The molecule has 0 saturated heterocycles. The van der Waals surface area contributed by atoms with Gasteiger partial charge in [-0.25, -0.2) is 4.98 Å². The van der Waals surface area contributed by atoms with Crippen LogP contribution in [0.2, 0.25) is 0 Å². The van der Waals surface area contributed by atoms with Crippen LogP contribution in [-0.4, -0.2) is 17.4 Å². The monoisotopic (exact) mass is 253 g/mol. The number of hydrogen-bond acceptors (Lipinski definition) is 2. The maximum absolute atomic E-state index is 5.01. The molecule has 0 bridgehead atoms. The zero-order valence-corrected chi connectivity index (χ0v) is 9.89. The predicted molar refractivity (Wildman–Crippen MR) is 60.8 cm³/mol. The largest absolute Gasteiger partial charge is 0.481 e. The fraction of sp³-hybridized carbons (Fsp3) is 0.364. The first-order chi connectivity index (χ1) is 6.77. The Labute approximate surface area is 92.8 Å². The summed E-state index contributed by atoms with van der Waals surface area (Å²) < 4.78 is 5.01. The standard InChI is InChI=1S/C11H12BrNO/c1-9-7-11(14-2)13-8-10(9)5-3-4-6-12/h7-8H,4,6H2,1-2H3. The van der Waals surface area contributed by atoms with E-state index in [1.807, 2.05) is 13.0 Å². The van der Waals surface area contributed by atoms with E-state index in [0.29, 0.717) is 5.88 Å². The summed E-state index contributed by atoms with van der Waals surface area (Å²) in [6.45, 7) is 2.00. The summed E-state index contributed by atoms with van der Waals surface area (Å²) in [6.07, 6.45) is 2.60. The normalized spacial score (nSPS) is 9.07. The minimum atomic E-state index is 0.633. The first kappa shape index (κ1) is 11.1. The molecule has 0 aromatic carbocycles. The first-order valence-electron chi connectivity index (χ1n) is 4.33. The summed E-state index contributed by atoms with van der Waals surface area (Å²) >= 11 is 3.33. The number of pyridine rings is 1. The van der Waals surface area contributed by atoms with Crippen LogP contribution in [0.25, 0.3) is 0 Å². The topological polar surface area (TPSA) is 22.1 Å². The molecule has 14 heavy (non-hydrogen) atoms. The van der Waals surface area contributed by atoms with Crippen LogP contribution in [0.1, 0.15) is 17.5 Å². The molecular formula is C11H12BrNO. The number of alkyl halides is 1. The molecule has 1 aromatic heterocycles. The van der Waals surface area contributed by atoms with Crippen LogP contribution in [-0.2, 0) is 0 Å². The number of hydrogen-bond donors (Lipinski definition) is 0.